The maximum absolute atomic E-state index is 12.3. The van der Waals surface area contributed by atoms with Gasteiger partial charge in [-0.05, 0) is 13.3 Å². The topological polar surface area (TPSA) is 56.8 Å². The predicted octanol–water partition coefficient (Wildman–Crippen LogP) is 0.715. The number of amides is 2. The Labute approximate surface area is 134 Å². The summed E-state index contributed by atoms with van der Waals surface area (Å²) in [6.07, 6.45) is 1.47. The molecule has 0 saturated carbocycles. The van der Waals surface area contributed by atoms with E-state index in [2.05, 4.69) is 15.3 Å². The molecule has 0 bridgehead atoms. The van der Waals surface area contributed by atoms with Crippen molar-refractivity contribution in [3.63, 3.8) is 0 Å². The molecule has 2 aliphatic rings. The van der Waals surface area contributed by atoms with Crippen LogP contribution in [0.4, 0.5) is 0 Å². The van der Waals surface area contributed by atoms with Crippen LogP contribution in [0.3, 0.4) is 0 Å². The summed E-state index contributed by atoms with van der Waals surface area (Å²) in [5.74, 6) is 0.0898. The molecule has 1 aromatic heterocycles. The van der Waals surface area contributed by atoms with Gasteiger partial charge in [-0.3, -0.25) is 14.5 Å². The van der Waals surface area contributed by atoms with Gasteiger partial charge in [-0.2, -0.15) is 0 Å². The second kappa shape index (κ2) is 5.96. The molecule has 0 spiro atoms. The number of aryl methyl sites for hydroxylation is 1. The highest BCUT2D eigenvalue weighted by Gasteiger charge is 2.47. The van der Waals surface area contributed by atoms with Crippen molar-refractivity contribution in [3.05, 3.63) is 16.1 Å². The first-order valence-electron chi connectivity index (χ1n) is 7.60. The second-order valence-corrected chi connectivity index (χ2v) is 7.33. The average Bonchev–Trinajstić information content (AvgIpc) is 3.11. The highest BCUT2D eigenvalue weighted by Crippen LogP contribution is 2.33. The number of hydrogen-bond donors (Lipinski definition) is 0. The van der Waals surface area contributed by atoms with Gasteiger partial charge in [0.25, 0.3) is 0 Å². The van der Waals surface area contributed by atoms with Gasteiger partial charge in [0.15, 0.2) is 0 Å². The molecule has 2 amide bonds. The minimum absolute atomic E-state index is 0.0115. The van der Waals surface area contributed by atoms with Crippen LogP contribution < -0.4 is 0 Å². The third-order valence-electron chi connectivity index (χ3n) is 4.57. The fourth-order valence-electron chi connectivity index (χ4n) is 3.39. The number of rotatable bonds is 4. The third kappa shape index (κ3) is 2.87. The molecule has 0 radical (unpaired) electrons. The fourth-order valence-corrected chi connectivity index (χ4v) is 3.99. The van der Waals surface area contributed by atoms with Crippen molar-refractivity contribution in [2.45, 2.75) is 38.4 Å². The van der Waals surface area contributed by atoms with E-state index in [0.29, 0.717) is 6.42 Å². The van der Waals surface area contributed by atoms with Crippen molar-refractivity contribution < 1.29 is 9.59 Å². The van der Waals surface area contributed by atoms with Crippen molar-refractivity contribution in [3.8, 4) is 0 Å². The summed E-state index contributed by atoms with van der Waals surface area (Å²) >= 11 is 1.66. The van der Waals surface area contributed by atoms with Crippen LogP contribution in [0.2, 0.25) is 0 Å². The molecule has 2 fully saturated rings. The van der Waals surface area contributed by atoms with Crippen LogP contribution in [0.25, 0.3) is 0 Å². The zero-order valence-corrected chi connectivity index (χ0v) is 14.1. The number of likely N-dealkylation sites (N-methyl/N-ethyl adjacent to an activating group) is 1. The molecular formula is C15H22N4O2S. The van der Waals surface area contributed by atoms with Gasteiger partial charge in [0.2, 0.25) is 11.8 Å². The van der Waals surface area contributed by atoms with E-state index >= 15 is 0 Å². The van der Waals surface area contributed by atoms with Gasteiger partial charge >= 0.3 is 0 Å². The van der Waals surface area contributed by atoms with Gasteiger partial charge in [0.05, 0.1) is 10.7 Å². The Bertz CT molecular complexity index is 586. The number of fused-ring (bicyclic) bond motifs is 1. The summed E-state index contributed by atoms with van der Waals surface area (Å²) in [6.45, 7) is 3.98. The van der Waals surface area contributed by atoms with E-state index in [4.69, 9.17) is 0 Å². The largest absolute Gasteiger partial charge is 0.347 e. The van der Waals surface area contributed by atoms with Gasteiger partial charge in [0, 0.05) is 51.1 Å². The third-order valence-corrected chi connectivity index (χ3v) is 5.39. The Morgan fingerprint density at radius 2 is 2.23 bits per heavy atom. The molecule has 0 unspecified atom stereocenters. The minimum Gasteiger partial charge on any atom is -0.347 e. The van der Waals surface area contributed by atoms with Crippen LogP contribution in [-0.2, 0) is 16.1 Å². The average molecular weight is 322 g/mol. The molecule has 7 heteroatoms. The fraction of sp³-hybridized carbons (Fsp3) is 0.667. The monoisotopic (exact) mass is 322 g/mol. The number of likely N-dealkylation sites (tertiary alicyclic amines) is 2. The molecule has 22 heavy (non-hydrogen) atoms. The quantitative estimate of drug-likeness (QED) is 0.819. The number of thiazole rings is 1. The van der Waals surface area contributed by atoms with E-state index in [1.54, 1.807) is 35.2 Å². The molecule has 2 saturated heterocycles. The Kier molecular flexibility index (Phi) is 4.18. The van der Waals surface area contributed by atoms with Gasteiger partial charge in [-0.25, -0.2) is 4.98 Å². The number of carbonyl (C=O) groups excluding carboxylic acids is 2. The maximum Gasteiger partial charge on any atom is 0.241 e. The maximum atomic E-state index is 12.3. The lowest BCUT2D eigenvalue weighted by Crippen LogP contribution is -2.43. The Morgan fingerprint density at radius 3 is 2.86 bits per heavy atom. The van der Waals surface area contributed by atoms with E-state index in [1.807, 2.05) is 6.92 Å². The zero-order valence-electron chi connectivity index (χ0n) is 13.3. The first-order valence-corrected chi connectivity index (χ1v) is 8.48. The summed E-state index contributed by atoms with van der Waals surface area (Å²) in [4.78, 5) is 34.4. The van der Waals surface area contributed by atoms with E-state index in [1.165, 1.54) is 0 Å². The number of hydrogen-bond acceptors (Lipinski definition) is 5. The zero-order chi connectivity index (χ0) is 15.9. The van der Waals surface area contributed by atoms with Crippen LogP contribution in [0.15, 0.2) is 5.38 Å². The number of nitrogens with zero attached hydrogens (tertiary/aromatic N) is 4. The van der Waals surface area contributed by atoms with E-state index in [0.717, 1.165) is 30.2 Å². The van der Waals surface area contributed by atoms with Crippen LogP contribution in [-0.4, -0.2) is 70.8 Å². The van der Waals surface area contributed by atoms with Crippen LogP contribution in [0, 0.1) is 6.92 Å². The van der Waals surface area contributed by atoms with Crippen molar-refractivity contribution in [2.75, 3.05) is 27.2 Å². The van der Waals surface area contributed by atoms with Crippen LogP contribution >= 0.6 is 11.3 Å². The lowest BCUT2D eigenvalue weighted by Gasteiger charge is -2.25. The first-order chi connectivity index (χ1) is 10.5. The summed E-state index contributed by atoms with van der Waals surface area (Å²) in [5.41, 5.74) is 1.08. The molecule has 2 atom stereocenters. The molecule has 0 N–H and O–H groups in total. The van der Waals surface area contributed by atoms with Crippen molar-refractivity contribution >= 4 is 23.2 Å². The predicted molar refractivity (Wildman–Crippen MR) is 84.5 cm³/mol. The molecular weight excluding hydrogens is 300 g/mol. The van der Waals surface area contributed by atoms with Crippen molar-refractivity contribution in [1.29, 1.82) is 0 Å². The van der Waals surface area contributed by atoms with E-state index < -0.39 is 0 Å². The van der Waals surface area contributed by atoms with Gasteiger partial charge in [-0.15, -0.1) is 11.3 Å². The van der Waals surface area contributed by atoms with E-state index in [9.17, 15) is 9.59 Å². The second-order valence-electron chi connectivity index (χ2n) is 6.27. The SMILES string of the molecule is Cc1nc(CN2CC[C@@H]3[C@H]2CC(=O)N3CC(=O)N(C)C)cs1. The standard InChI is InChI=1S/C15H22N4O2S/c1-10-16-11(9-22-10)7-18-5-4-12-13(18)6-14(20)19(12)8-15(21)17(2)3/h9,12-13H,4-8H2,1-3H3/t12-,13-/m1/s1. The normalized spacial score (nSPS) is 24.9. The summed E-state index contributed by atoms with van der Waals surface area (Å²) in [5, 5.41) is 3.17. The summed E-state index contributed by atoms with van der Waals surface area (Å²) in [6, 6.07) is 0.403. The number of aromatic nitrogens is 1. The summed E-state index contributed by atoms with van der Waals surface area (Å²) < 4.78 is 0. The molecule has 2 aliphatic heterocycles. The smallest absolute Gasteiger partial charge is 0.241 e. The van der Waals surface area contributed by atoms with Crippen LogP contribution in [0.5, 0.6) is 0 Å². The molecule has 0 aromatic carbocycles. The number of carbonyl (C=O) groups is 2. The van der Waals surface area contributed by atoms with Gasteiger partial charge < -0.3 is 9.80 Å². The Morgan fingerprint density at radius 1 is 1.45 bits per heavy atom. The molecule has 6 nitrogen and oxygen atoms in total. The molecule has 0 aliphatic carbocycles. The highest BCUT2D eigenvalue weighted by atomic mass is 32.1. The Hall–Kier alpha value is -1.47. The minimum atomic E-state index is -0.0115. The molecule has 1 aromatic rings. The Balaban J connectivity index is 1.67. The summed E-state index contributed by atoms with van der Waals surface area (Å²) in [7, 11) is 3.46. The molecule has 120 valence electrons. The van der Waals surface area contributed by atoms with Gasteiger partial charge in [0.1, 0.15) is 6.54 Å². The lowest BCUT2D eigenvalue weighted by atomic mass is 10.1. The van der Waals surface area contributed by atoms with Crippen LogP contribution in [0.1, 0.15) is 23.5 Å². The van der Waals surface area contributed by atoms with E-state index in [-0.39, 0.29) is 30.4 Å². The highest BCUT2D eigenvalue weighted by molar-refractivity contribution is 7.09. The van der Waals surface area contributed by atoms with Gasteiger partial charge in [-0.1, -0.05) is 0 Å². The van der Waals surface area contributed by atoms with Crippen molar-refractivity contribution in [2.24, 2.45) is 0 Å². The molecule has 3 rings (SSSR count). The lowest BCUT2D eigenvalue weighted by molar-refractivity contribution is -0.138. The van der Waals surface area contributed by atoms with Crippen molar-refractivity contribution in [1.82, 2.24) is 19.7 Å². The first kappa shape index (κ1) is 15.4. The molecule has 3 heterocycles.